The molecule has 29 heavy (non-hydrogen) atoms. The van der Waals surface area contributed by atoms with Gasteiger partial charge in [0.05, 0.1) is 29.0 Å². The highest BCUT2D eigenvalue weighted by molar-refractivity contribution is 7.94. The van der Waals surface area contributed by atoms with E-state index in [0.29, 0.717) is 10.1 Å². The highest BCUT2D eigenvalue weighted by Crippen LogP contribution is 2.39. The molecule has 1 saturated heterocycles. The predicted molar refractivity (Wildman–Crippen MR) is 111 cm³/mol. The summed E-state index contributed by atoms with van der Waals surface area (Å²) in [5, 5.41) is 2.83. The van der Waals surface area contributed by atoms with Crippen LogP contribution in [0.2, 0.25) is 5.02 Å². The van der Waals surface area contributed by atoms with Crippen LogP contribution in [0.25, 0.3) is 0 Å². The van der Waals surface area contributed by atoms with Crippen LogP contribution in [0.3, 0.4) is 0 Å². The van der Waals surface area contributed by atoms with Gasteiger partial charge in [-0.3, -0.25) is 9.59 Å². The molecule has 2 aromatic carbocycles. The molecule has 0 aliphatic carbocycles. The topological polar surface area (TPSA) is 92.8 Å². The fourth-order valence-electron chi connectivity index (χ4n) is 3.18. The number of methoxy groups -OCH3 is 1. The summed E-state index contributed by atoms with van der Waals surface area (Å²) in [5.41, 5.74) is -0.111. The maximum Gasteiger partial charge on any atom is 0.251 e. The zero-order valence-corrected chi connectivity index (χ0v) is 17.8. The van der Waals surface area contributed by atoms with Gasteiger partial charge in [0.25, 0.3) is 5.91 Å². The molecule has 0 spiro atoms. The number of ether oxygens (including phenoxy) is 1. The Morgan fingerprint density at radius 3 is 2.55 bits per heavy atom. The van der Waals surface area contributed by atoms with Crippen LogP contribution in [0, 0.1) is 5.41 Å². The van der Waals surface area contributed by atoms with E-state index in [0.717, 1.165) is 5.56 Å². The first-order valence-corrected chi connectivity index (χ1v) is 10.8. The van der Waals surface area contributed by atoms with Crippen LogP contribution >= 0.6 is 11.6 Å². The van der Waals surface area contributed by atoms with E-state index in [1.165, 1.54) is 18.2 Å². The van der Waals surface area contributed by atoms with Crippen LogP contribution in [0.15, 0.2) is 42.5 Å². The highest BCUT2D eigenvalue weighted by Gasteiger charge is 2.50. The lowest BCUT2D eigenvalue weighted by Gasteiger charge is -2.19. The first-order chi connectivity index (χ1) is 13.6. The van der Waals surface area contributed by atoms with Crippen molar-refractivity contribution in [3.63, 3.8) is 0 Å². The molecule has 0 radical (unpaired) electrons. The summed E-state index contributed by atoms with van der Waals surface area (Å²) in [6, 6.07) is 11.5. The average Bonchev–Trinajstić information content (AvgIpc) is 2.83. The lowest BCUT2D eigenvalue weighted by molar-refractivity contribution is -0.123. The summed E-state index contributed by atoms with van der Waals surface area (Å²) in [5.74, 6) is -0.692. The molecule has 1 aliphatic heterocycles. The van der Waals surface area contributed by atoms with E-state index in [-0.39, 0.29) is 28.6 Å². The fraction of sp³-hybridized carbons (Fsp3) is 0.300. The van der Waals surface area contributed by atoms with Crippen molar-refractivity contribution in [3.8, 4) is 5.75 Å². The number of nitrogens with one attached hydrogen (secondary N) is 1. The SMILES string of the molecule is COc1ccccc1CNC(=O)c1ccc(Cl)c(N2C(=O)C(C)(C)CS2(=O)=O)c1. The number of anilines is 1. The quantitative estimate of drug-likeness (QED) is 0.777. The van der Waals surface area contributed by atoms with Gasteiger partial charge in [0.1, 0.15) is 5.75 Å². The lowest BCUT2D eigenvalue weighted by atomic mass is 9.95. The van der Waals surface area contributed by atoms with Gasteiger partial charge in [0.15, 0.2) is 0 Å². The Morgan fingerprint density at radius 2 is 1.93 bits per heavy atom. The van der Waals surface area contributed by atoms with Gasteiger partial charge < -0.3 is 10.1 Å². The zero-order chi connectivity index (χ0) is 21.4. The number of rotatable bonds is 5. The van der Waals surface area contributed by atoms with E-state index < -0.39 is 27.3 Å². The third kappa shape index (κ3) is 4.09. The van der Waals surface area contributed by atoms with Gasteiger partial charge in [0.2, 0.25) is 15.9 Å². The van der Waals surface area contributed by atoms with Crippen LogP contribution in [-0.2, 0) is 21.4 Å². The number of halogens is 1. The number of carbonyl (C=O) groups excluding carboxylic acids is 2. The number of nitrogens with zero attached hydrogens (tertiary/aromatic N) is 1. The summed E-state index contributed by atoms with van der Waals surface area (Å²) in [6.07, 6.45) is 0. The molecular formula is C20H21ClN2O5S. The molecule has 0 atom stereocenters. The first kappa shape index (κ1) is 21.1. The van der Waals surface area contributed by atoms with Crippen LogP contribution in [0.1, 0.15) is 29.8 Å². The molecule has 0 bridgehead atoms. The van der Waals surface area contributed by atoms with Gasteiger partial charge >= 0.3 is 0 Å². The molecule has 1 aliphatic rings. The smallest absolute Gasteiger partial charge is 0.251 e. The Hall–Kier alpha value is -2.58. The van der Waals surface area contributed by atoms with E-state index in [9.17, 15) is 18.0 Å². The second kappa shape index (κ2) is 7.68. The molecule has 0 saturated carbocycles. The molecule has 3 rings (SSSR count). The molecule has 1 heterocycles. The Balaban J connectivity index is 1.87. The number of para-hydroxylation sites is 1. The summed E-state index contributed by atoms with van der Waals surface area (Å²) in [4.78, 5) is 25.2. The van der Waals surface area contributed by atoms with Crippen LogP contribution < -0.4 is 14.4 Å². The van der Waals surface area contributed by atoms with Gasteiger partial charge in [-0.25, -0.2) is 12.7 Å². The third-order valence-corrected chi connectivity index (χ3v) is 6.97. The van der Waals surface area contributed by atoms with Crippen molar-refractivity contribution in [3.05, 3.63) is 58.6 Å². The minimum atomic E-state index is -3.88. The number of sulfonamides is 1. The normalized spacial score (nSPS) is 17.2. The third-order valence-electron chi connectivity index (χ3n) is 4.64. The van der Waals surface area contributed by atoms with Crippen molar-refractivity contribution in [2.75, 3.05) is 17.2 Å². The monoisotopic (exact) mass is 436 g/mol. The summed E-state index contributed by atoms with van der Waals surface area (Å²) in [7, 11) is -2.33. The molecule has 2 aromatic rings. The number of carbonyl (C=O) groups is 2. The van der Waals surface area contributed by atoms with Gasteiger partial charge in [-0.1, -0.05) is 29.8 Å². The zero-order valence-electron chi connectivity index (χ0n) is 16.2. The molecule has 154 valence electrons. The fourth-order valence-corrected chi connectivity index (χ4v) is 5.55. The molecule has 1 N–H and O–H groups in total. The number of hydrogen-bond donors (Lipinski definition) is 1. The van der Waals surface area contributed by atoms with Crippen molar-refractivity contribution in [1.29, 1.82) is 0 Å². The lowest BCUT2D eigenvalue weighted by Crippen LogP contribution is -2.33. The van der Waals surface area contributed by atoms with E-state index in [1.807, 2.05) is 18.2 Å². The van der Waals surface area contributed by atoms with Crippen molar-refractivity contribution >= 4 is 39.1 Å². The first-order valence-electron chi connectivity index (χ1n) is 8.84. The molecule has 0 aromatic heterocycles. The molecule has 9 heteroatoms. The molecule has 2 amide bonds. The van der Waals surface area contributed by atoms with Crippen LogP contribution in [0.4, 0.5) is 5.69 Å². The maximum absolute atomic E-state index is 12.6. The van der Waals surface area contributed by atoms with Gasteiger partial charge in [-0.15, -0.1) is 0 Å². The number of amides is 2. The minimum absolute atomic E-state index is 0.0211. The average molecular weight is 437 g/mol. The Morgan fingerprint density at radius 1 is 1.24 bits per heavy atom. The second-order valence-electron chi connectivity index (χ2n) is 7.37. The van der Waals surface area contributed by atoms with Crippen molar-refractivity contribution in [1.82, 2.24) is 5.32 Å². The standard InChI is InChI=1S/C20H21ClN2O5S/c1-20(2)12-29(26,27)23(19(20)25)16-10-13(8-9-15(16)21)18(24)22-11-14-6-4-5-7-17(14)28-3/h4-10H,11-12H2,1-3H3,(H,22,24). The summed E-state index contributed by atoms with van der Waals surface area (Å²) >= 11 is 6.17. The predicted octanol–water partition coefficient (Wildman–Crippen LogP) is 2.98. The van der Waals surface area contributed by atoms with E-state index >= 15 is 0 Å². The second-order valence-corrected chi connectivity index (χ2v) is 9.60. The number of hydrogen-bond acceptors (Lipinski definition) is 5. The van der Waals surface area contributed by atoms with Gasteiger partial charge in [0, 0.05) is 17.7 Å². The van der Waals surface area contributed by atoms with E-state index in [1.54, 1.807) is 27.0 Å². The maximum atomic E-state index is 12.6. The van der Waals surface area contributed by atoms with Crippen molar-refractivity contribution in [2.24, 2.45) is 5.41 Å². The Labute approximate surface area is 174 Å². The van der Waals surface area contributed by atoms with Crippen LogP contribution in [0.5, 0.6) is 5.75 Å². The highest BCUT2D eigenvalue weighted by atomic mass is 35.5. The van der Waals surface area contributed by atoms with E-state index in [2.05, 4.69) is 5.32 Å². The molecule has 1 fully saturated rings. The molecule has 0 unspecified atom stereocenters. The number of benzene rings is 2. The van der Waals surface area contributed by atoms with Crippen molar-refractivity contribution < 1.29 is 22.7 Å². The Kier molecular flexibility index (Phi) is 5.60. The molecule has 7 nitrogen and oxygen atoms in total. The van der Waals surface area contributed by atoms with Crippen LogP contribution in [-0.4, -0.2) is 33.1 Å². The summed E-state index contributed by atoms with van der Waals surface area (Å²) < 4.78 is 31.0. The van der Waals surface area contributed by atoms with Crippen molar-refractivity contribution in [2.45, 2.75) is 20.4 Å². The largest absolute Gasteiger partial charge is 0.496 e. The Bertz CT molecular complexity index is 1080. The molecular weight excluding hydrogens is 416 g/mol. The van der Waals surface area contributed by atoms with Gasteiger partial charge in [-0.05, 0) is 38.1 Å². The van der Waals surface area contributed by atoms with Gasteiger partial charge in [-0.2, -0.15) is 0 Å². The summed E-state index contributed by atoms with van der Waals surface area (Å²) in [6.45, 7) is 3.34. The van der Waals surface area contributed by atoms with E-state index in [4.69, 9.17) is 16.3 Å². The minimum Gasteiger partial charge on any atom is -0.496 e.